The predicted octanol–water partition coefficient (Wildman–Crippen LogP) is 2.98. The minimum Gasteiger partial charge on any atom is -0.503 e. The molecule has 1 aromatic carbocycles. The van der Waals surface area contributed by atoms with Crippen LogP contribution in [0, 0.1) is 0 Å². The van der Waals surface area contributed by atoms with E-state index in [1.807, 2.05) is 0 Å². The minimum absolute atomic E-state index is 0.0977. The molecule has 0 spiro atoms. The highest BCUT2D eigenvalue weighted by molar-refractivity contribution is 5.67. The Morgan fingerprint density at radius 2 is 1.93 bits per heavy atom. The van der Waals surface area contributed by atoms with Crippen LogP contribution in [0.5, 0.6) is 5.75 Å². The van der Waals surface area contributed by atoms with Crippen LogP contribution in [0.4, 0.5) is 18.0 Å². The Kier molecular flexibility index (Phi) is 6.86. The van der Waals surface area contributed by atoms with Crippen LogP contribution in [0.1, 0.15) is 17.5 Å². The van der Waals surface area contributed by atoms with E-state index in [-0.39, 0.29) is 24.5 Å². The fourth-order valence-corrected chi connectivity index (χ4v) is 2.40. The Balaban J connectivity index is 1.73. The summed E-state index contributed by atoms with van der Waals surface area (Å²) < 4.78 is 43.5. The van der Waals surface area contributed by atoms with Crippen molar-refractivity contribution in [1.29, 1.82) is 0 Å². The number of nitrogens with one attached hydrogen (secondary N) is 1. The van der Waals surface area contributed by atoms with Gasteiger partial charge in [0, 0.05) is 19.3 Å². The number of halogens is 3. The minimum atomic E-state index is -4.30. The number of ether oxygens (including phenoxy) is 1. The first-order valence-corrected chi connectivity index (χ1v) is 8.18. The van der Waals surface area contributed by atoms with Crippen LogP contribution in [0.15, 0.2) is 47.4 Å². The summed E-state index contributed by atoms with van der Waals surface area (Å²) in [4.78, 5) is 23.2. The van der Waals surface area contributed by atoms with Crippen molar-refractivity contribution < 1.29 is 27.8 Å². The number of aromatic nitrogens is 1. The number of amides is 1. The van der Waals surface area contributed by atoms with E-state index in [0.717, 1.165) is 0 Å². The summed E-state index contributed by atoms with van der Waals surface area (Å²) in [6.45, 7) is 0.381. The molecule has 2 N–H and O–H groups in total. The van der Waals surface area contributed by atoms with Crippen molar-refractivity contribution in [3.05, 3.63) is 64.1 Å². The van der Waals surface area contributed by atoms with Gasteiger partial charge in [-0.1, -0.05) is 24.3 Å². The Morgan fingerprint density at radius 3 is 2.67 bits per heavy atom. The van der Waals surface area contributed by atoms with Gasteiger partial charge < -0.3 is 19.7 Å². The van der Waals surface area contributed by atoms with Crippen LogP contribution in [-0.4, -0.2) is 28.5 Å². The van der Waals surface area contributed by atoms with Gasteiger partial charge in [-0.3, -0.25) is 4.79 Å². The van der Waals surface area contributed by atoms with Crippen LogP contribution in [0.2, 0.25) is 0 Å². The second-order valence-corrected chi connectivity index (χ2v) is 5.86. The predicted molar refractivity (Wildman–Crippen MR) is 91.4 cm³/mol. The number of aryl methyl sites for hydroxylation is 1. The largest absolute Gasteiger partial charge is 0.503 e. The molecule has 0 saturated heterocycles. The molecule has 0 aliphatic heterocycles. The number of alkyl carbamates (subject to hydrolysis) is 1. The Hall–Kier alpha value is -2.97. The van der Waals surface area contributed by atoms with Gasteiger partial charge in [-0.2, -0.15) is 13.2 Å². The zero-order valence-electron chi connectivity index (χ0n) is 14.3. The molecule has 0 unspecified atom stereocenters. The van der Waals surface area contributed by atoms with E-state index in [4.69, 9.17) is 4.74 Å². The van der Waals surface area contributed by atoms with Gasteiger partial charge in [0.1, 0.15) is 6.61 Å². The molecule has 6 nitrogen and oxygen atoms in total. The molecule has 0 fully saturated rings. The van der Waals surface area contributed by atoms with Crippen LogP contribution in [0.25, 0.3) is 0 Å². The highest BCUT2D eigenvalue weighted by Gasteiger charge is 2.27. The van der Waals surface area contributed by atoms with Crippen molar-refractivity contribution in [2.24, 2.45) is 0 Å². The van der Waals surface area contributed by atoms with E-state index in [0.29, 0.717) is 18.5 Å². The van der Waals surface area contributed by atoms with Crippen molar-refractivity contribution in [2.75, 3.05) is 6.54 Å². The Bertz CT molecular complexity index is 834. The van der Waals surface area contributed by atoms with E-state index >= 15 is 0 Å². The fraction of sp³-hybridized carbons (Fsp3) is 0.333. The van der Waals surface area contributed by atoms with Crippen molar-refractivity contribution in [3.63, 3.8) is 0 Å². The van der Waals surface area contributed by atoms with E-state index in [9.17, 15) is 27.9 Å². The molecule has 9 heteroatoms. The first-order valence-electron chi connectivity index (χ1n) is 8.18. The van der Waals surface area contributed by atoms with E-state index in [2.05, 4.69) is 5.32 Å². The van der Waals surface area contributed by atoms with Crippen molar-refractivity contribution in [3.8, 4) is 5.75 Å². The third kappa shape index (κ3) is 7.04. The maximum atomic E-state index is 12.4. The molecular formula is C18H19F3N2O4. The summed E-state index contributed by atoms with van der Waals surface area (Å²) >= 11 is 0. The lowest BCUT2D eigenvalue weighted by atomic mass is 10.1. The van der Waals surface area contributed by atoms with Gasteiger partial charge in [0.2, 0.25) is 0 Å². The number of rotatable bonds is 7. The SMILES string of the molecule is O=C(NCCCn1cccc(O)c1=O)OCc1cccc(CC(F)(F)F)c1. The molecule has 0 saturated carbocycles. The molecule has 2 aromatic rings. The van der Waals surface area contributed by atoms with Crippen molar-refractivity contribution in [2.45, 2.75) is 32.2 Å². The van der Waals surface area contributed by atoms with E-state index in [1.165, 1.54) is 41.1 Å². The first kappa shape index (κ1) is 20.3. The van der Waals surface area contributed by atoms with Gasteiger partial charge in [0.05, 0.1) is 6.42 Å². The Labute approximate surface area is 153 Å². The van der Waals surface area contributed by atoms with Crippen LogP contribution < -0.4 is 10.9 Å². The Morgan fingerprint density at radius 1 is 1.19 bits per heavy atom. The molecule has 146 valence electrons. The average Bonchev–Trinajstić information content (AvgIpc) is 2.59. The van der Waals surface area contributed by atoms with Gasteiger partial charge in [0.15, 0.2) is 5.75 Å². The maximum Gasteiger partial charge on any atom is 0.407 e. The molecular weight excluding hydrogens is 365 g/mol. The van der Waals surface area contributed by atoms with Gasteiger partial charge >= 0.3 is 12.3 Å². The number of carbonyl (C=O) groups excluding carboxylic acids is 1. The molecule has 27 heavy (non-hydrogen) atoms. The zero-order valence-corrected chi connectivity index (χ0v) is 14.3. The fourth-order valence-electron chi connectivity index (χ4n) is 2.40. The van der Waals surface area contributed by atoms with Crippen LogP contribution in [-0.2, 0) is 24.3 Å². The highest BCUT2D eigenvalue weighted by atomic mass is 19.4. The normalized spacial score (nSPS) is 11.2. The second kappa shape index (κ2) is 9.11. The monoisotopic (exact) mass is 384 g/mol. The molecule has 0 radical (unpaired) electrons. The van der Waals surface area contributed by atoms with Crippen molar-refractivity contribution in [1.82, 2.24) is 9.88 Å². The van der Waals surface area contributed by atoms with Gasteiger partial charge in [-0.15, -0.1) is 0 Å². The number of pyridine rings is 1. The smallest absolute Gasteiger partial charge is 0.407 e. The number of aromatic hydroxyl groups is 1. The summed E-state index contributed by atoms with van der Waals surface area (Å²) in [7, 11) is 0. The number of nitrogens with zero attached hydrogens (tertiary/aromatic N) is 1. The summed E-state index contributed by atoms with van der Waals surface area (Å²) in [5.74, 6) is -0.349. The quantitative estimate of drug-likeness (QED) is 0.720. The number of benzene rings is 1. The molecule has 0 atom stereocenters. The maximum absolute atomic E-state index is 12.4. The van der Waals surface area contributed by atoms with Gasteiger partial charge in [-0.25, -0.2) is 4.79 Å². The molecule has 0 aliphatic carbocycles. The van der Waals surface area contributed by atoms with E-state index < -0.39 is 24.2 Å². The summed E-state index contributed by atoms with van der Waals surface area (Å²) in [6, 6.07) is 8.57. The van der Waals surface area contributed by atoms with Gasteiger partial charge in [0.25, 0.3) is 5.56 Å². The third-order valence-electron chi connectivity index (χ3n) is 3.61. The zero-order chi connectivity index (χ0) is 19.9. The highest BCUT2D eigenvalue weighted by Crippen LogP contribution is 2.21. The molecule has 0 aliphatic rings. The molecule has 2 rings (SSSR count). The molecule has 0 bridgehead atoms. The van der Waals surface area contributed by atoms with Crippen LogP contribution in [0.3, 0.4) is 0 Å². The molecule has 1 amide bonds. The first-order chi connectivity index (χ1) is 12.7. The molecule has 1 heterocycles. The topological polar surface area (TPSA) is 80.6 Å². The molecule has 1 aromatic heterocycles. The van der Waals surface area contributed by atoms with Crippen LogP contribution >= 0.6 is 0 Å². The standard InChI is InChI=1S/C18H19F3N2O4/c19-18(20,21)11-13-4-1-5-14(10-13)12-27-17(26)22-7-3-9-23-8-2-6-15(24)16(23)25/h1-2,4-6,8,10,24H,3,7,9,11-12H2,(H,22,26). The lowest BCUT2D eigenvalue weighted by molar-refractivity contribution is -0.127. The number of hydrogen-bond acceptors (Lipinski definition) is 4. The lowest BCUT2D eigenvalue weighted by Gasteiger charge is -2.10. The van der Waals surface area contributed by atoms with Gasteiger partial charge in [-0.05, 0) is 29.7 Å². The third-order valence-corrected chi connectivity index (χ3v) is 3.61. The summed E-state index contributed by atoms with van der Waals surface area (Å²) in [5.41, 5.74) is 0.0394. The van der Waals surface area contributed by atoms with Crippen molar-refractivity contribution >= 4 is 6.09 Å². The summed E-state index contributed by atoms with van der Waals surface area (Å²) in [5, 5.41) is 11.8. The second-order valence-electron chi connectivity index (χ2n) is 5.86. The number of alkyl halides is 3. The summed E-state index contributed by atoms with van der Waals surface area (Å²) in [6.07, 6.45) is -4.09. The lowest BCUT2D eigenvalue weighted by Crippen LogP contribution is -2.27. The number of hydrogen-bond donors (Lipinski definition) is 2. The number of carbonyl (C=O) groups is 1. The average molecular weight is 384 g/mol. The van der Waals surface area contributed by atoms with E-state index in [1.54, 1.807) is 6.07 Å².